The smallest absolute Gasteiger partial charge is 0.412 e. The Morgan fingerprint density at radius 2 is 1.88 bits per heavy atom. The molecular formula is C21H25NO4. The van der Waals surface area contributed by atoms with E-state index in [9.17, 15) is 9.59 Å². The summed E-state index contributed by atoms with van der Waals surface area (Å²) in [6.45, 7) is 9.53. The van der Waals surface area contributed by atoms with Gasteiger partial charge < -0.3 is 9.47 Å². The lowest BCUT2D eigenvalue weighted by atomic mass is 10.0. The maximum atomic E-state index is 11.9. The summed E-state index contributed by atoms with van der Waals surface area (Å²) in [5.41, 5.74) is 3.38. The van der Waals surface area contributed by atoms with Crippen LogP contribution in [0.5, 0.6) is 5.75 Å². The summed E-state index contributed by atoms with van der Waals surface area (Å²) in [6.07, 6.45) is 0.351. The molecule has 0 saturated heterocycles. The Kier molecular flexibility index (Phi) is 6.03. The largest absolute Gasteiger partial charge is 0.489 e. The zero-order valence-corrected chi connectivity index (χ0v) is 15.9. The van der Waals surface area contributed by atoms with Crippen LogP contribution in [0.15, 0.2) is 36.4 Å². The van der Waals surface area contributed by atoms with Gasteiger partial charge in [0.2, 0.25) is 0 Å². The summed E-state index contributed by atoms with van der Waals surface area (Å²) in [5.74, 6) is 0.670. The Hall–Kier alpha value is -2.82. The number of hydrogen-bond acceptors (Lipinski definition) is 4. The number of amides is 1. The molecule has 0 saturated carbocycles. The van der Waals surface area contributed by atoms with Gasteiger partial charge in [-0.05, 0) is 63.9 Å². The topological polar surface area (TPSA) is 64.6 Å². The molecule has 0 heterocycles. The van der Waals surface area contributed by atoms with E-state index in [0.29, 0.717) is 23.6 Å². The van der Waals surface area contributed by atoms with E-state index in [-0.39, 0.29) is 0 Å². The van der Waals surface area contributed by atoms with Gasteiger partial charge in [-0.1, -0.05) is 18.2 Å². The number of anilines is 1. The highest BCUT2D eigenvalue weighted by Crippen LogP contribution is 2.24. The highest BCUT2D eigenvalue weighted by molar-refractivity contribution is 5.85. The lowest BCUT2D eigenvalue weighted by Crippen LogP contribution is -2.27. The van der Waals surface area contributed by atoms with E-state index < -0.39 is 11.7 Å². The van der Waals surface area contributed by atoms with E-state index in [1.165, 1.54) is 0 Å². The maximum Gasteiger partial charge on any atom is 0.412 e. The molecule has 138 valence electrons. The molecule has 0 bridgehead atoms. The van der Waals surface area contributed by atoms with Crippen molar-refractivity contribution in [3.05, 3.63) is 58.7 Å². The number of hydrogen-bond donors (Lipinski definition) is 1. The van der Waals surface area contributed by atoms with E-state index in [2.05, 4.69) is 5.32 Å². The molecule has 2 rings (SSSR count). The second-order valence-corrected chi connectivity index (χ2v) is 7.15. The number of ether oxygens (including phenoxy) is 2. The van der Waals surface area contributed by atoms with Crippen LogP contribution in [0, 0.1) is 13.8 Å². The van der Waals surface area contributed by atoms with Crippen LogP contribution < -0.4 is 10.1 Å². The van der Waals surface area contributed by atoms with Gasteiger partial charge in [-0.3, -0.25) is 10.1 Å². The second-order valence-electron chi connectivity index (χ2n) is 7.15. The molecule has 0 fully saturated rings. The summed E-state index contributed by atoms with van der Waals surface area (Å²) >= 11 is 0. The number of aldehydes is 1. The van der Waals surface area contributed by atoms with E-state index in [4.69, 9.17) is 9.47 Å². The number of carbonyl (C=O) groups is 2. The molecule has 0 radical (unpaired) electrons. The van der Waals surface area contributed by atoms with Crippen molar-refractivity contribution in [2.24, 2.45) is 0 Å². The Bertz CT molecular complexity index is 806. The average molecular weight is 355 g/mol. The van der Waals surface area contributed by atoms with Crippen LogP contribution in [0.4, 0.5) is 10.5 Å². The molecular weight excluding hydrogens is 330 g/mol. The first-order chi connectivity index (χ1) is 12.2. The van der Waals surface area contributed by atoms with Crippen LogP contribution in [0.1, 0.15) is 47.8 Å². The summed E-state index contributed by atoms with van der Waals surface area (Å²) in [7, 11) is 0. The fourth-order valence-corrected chi connectivity index (χ4v) is 2.50. The van der Waals surface area contributed by atoms with Gasteiger partial charge in [0.1, 0.15) is 18.0 Å². The van der Waals surface area contributed by atoms with Gasteiger partial charge in [-0.2, -0.15) is 0 Å². The van der Waals surface area contributed by atoms with Crippen molar-refractivity contribution in [2.75, 3.05) is 5.32 Å². The van der Waals surface area contributed by atoms with Gasteiger partial charge in [-0.15, -0.1) is 0 Å². The second kappa shape index (κ2) is 8.04. The van der Waals surface area contributed by atoms with Gasteiger partial charge in [0.15, 0.2) is 6.29 Å². The van der Waals surface area contributed by atoms with Crippen LogP contribution in [-0.4, -0.2) is 18.0 Å². The minimum atomic E-state index is -0.552. The van der Waals surface area contributed by atoms with E-state index >= 15 is 0 Å². The number of nitrogens with one attached hydrogen (secondary N) is 1. The molecule has 5 nitrogen and oxygen atoms in total. The monoisotopic (exact) mass is 355 g/mol. The summed E-state index contributed by atoms with van der Waals surface area (Å²) in [4.78, 5) is 23.1. The third-order valence-electron chi connectivity index (χ3n) is 3.77. The van der Waals surface area contributed by atoms with Crippen LogP contribution in [0.2, 0.25) is 0 Å². The normalized spacial score (nSPS) is 11.0. The minimum Gasteiger partial charge on any atom is -0.489 e. The number of aryl methyl sites for hydroxylation is 1. The molecule has 26 heavy (non-hydrogen) atoms. The zero-order chi connectivity index (χ0) is 19.3. The predicted octanol–water partition coefficient (Wildman–Crippen LogP) is 5.04. The third-order valence-corrected chi connectivity index (χ3v) is 3.77. The molecule has 0 atom stereocenters. The minimum absolute atomic E-state index is 0.325. The molecule has 1 N–H and O–H groups in total. The molecule has 0 aliphatic heterocycles. The number of carbonyl (C=O) groups excluding carboxylic acids is 2. The van der Waals surface area contributed by atoms with E-state index in [1.807, 2.05) is 65.0 Å². The van der Waals surface area contributed by atoms with Gasteiger partial charge in [0, 0.05) is 16.8 Å². The van der Waals surface area contributed by atoms with E-state index in [0.717, 1.165) is 23.0 Å². The molecule has 0 aromatic heterocycles. The molecule has 2 aromatic carbocycles. The first kappa shape index (κ1) is 19.5. The average Bonchev–Trinajstić information content (AvgIpc) is 2.53. The van der Waals surface area contributed by atoms with Crippen LogP contribution in [0.3, 0.4) is 0 Å². The van der Waals surface area contributed by atoms with Crippen molar-refractivity contribution in [1.82, 2.24) is 0 Å². The fraction of sp³-hybridized carbons (Fsp3) is 0.333. The van der Waals surface area contributed by atoms with Crippen molar-refractivity contribution in [3.63, 3.8) is 0 Å². The third kappa shape index (κ3) is 5.34. The maximum absolute atomic E-state index is 11.9. The molecule has 0 unspecified atom stereocenters. The molecule has 0 aliphatic rings. The standard InChI is InChI=1S/C21H25NO4/c1-14-9-10-19(15(2)18(14)12-23)25-13-16-7-6-8-17(11-16)22-20(24)26-21(3,4)5/h6-12H,13H2,1-5H3,(H,22,24). The first-order valence-electron chi connectivity index (χ1n) is 8.47. The van der Waals surface area contributed by atoms with Crippen molar-refractivity contribution < 1.29 is 19.1 Å². The van der Waals surface area contributed by atoms with Crippen LogP contribution in [0.25, 0.3) is 0 Å². The Balaban J connectivity index is 2.05. The van der Waals surface area contributed by atoms with E-state index in [1.54, 1.807) is 6.07 Å². The van der Waals surface area contributed by atoms with Crippen LogP contribution in [-0.2, 0) is 11.3 Å². The summed E-state index contributed by atoms with van der Waals surface area (Å²) in [6, 6.07) is 11.1. The van der Waals surface area contributed by atoms with Crippen molar-refractivity contribution in [3.8, 4) is 5.75 Å². The predicted molar refractivity (Wildman–Crippen MR) is 102 cm³/mol. The Morgan fingerprint density at radius 3 is 2.54 bits per heavy atom. The zero-order valence-electron chi connectivity index (χ0n) is 15.9. The van der Waals surface area contributed by atoms with Crippen molar-refractivity contribution in [2.45, 2.75) is 46.8 Å². The molecule has 5 heteroatoms. The highest BCUT2D eigenvalue weighted by Gasteiger charge is 2.16. The van der Waals surface area contributed by atoms with Gasteiger partial charge in [-0.25, -0.2) is 4.79 Å². The first-order valence-corrected chi connectivity index (χ1v) is 8.47. The molecule has 1 amide bonds. The Morgan fingerprint density at radius 1 is 1.15 bits per heavy atom. The fourth-order valence-electron chi connectivity index (χ4n) is 2.50. The summed E-state index contributed by atoms with van der Waals surface area (Å²) in [5, 5.41) is 2.71. The number of rotatable bonds is 5. The van der Waals surface area contributed by atoms with Gasteiger partial charge in [0.25, 0.3) is 0 Å². The lowest BCUT2D eigenvalue weighted by molar-refractivity contribution is 0.0635. The summed E-state index contributed by atoms with van der Waals surface area (Å²) < 4.78 is 11.1. The molecule has 0 spiro atoms. The van der Waals surface area contributed by atoms with Gasteiger partial charge >= 0.3 is 6.09 Å². The Labute approximate surface area is 154 Å². The molecule has 0 aliphatic carbocycles. The van der Waals surface area contributed by atoms with Crippen LogP contribution >= 0.6 is 0 Å². The number of benzene rings is 2. The van der Waals surface area contributed by atoms with Crippen molar-refractivity contribution in [1.29, 1.82) is 0 Å². The SMILES string of the molecule is Cc1ccc(OCc2cccc(NC(=O)OC(C)(C)C)c2)c(C)c1C=O. The molecule has 2 aromatic rings. The highest BCUT2D eigenvalue weighted by atomic mass is 16.6. The van der Waals surface area contributed by atoms with Gasteiger partial charge in [0.05, 0.1) is 0 Å². The van der Waals surface area contributed by atoms with Crippen molar-refractivity contribution >= 4 is 18.1 Å². The lowest BCUT2D eigenvalue weighted by Gasteiger charge is -2.19. The quantitative estimate of drug-likeness (QED) is 0.763.